The van der Waals surface area contributed by atoms with Crippen molar-refractivity contribution in [2.45, 2.75) is 45.1 Å². The van der Waals surface area contributed by atoms with Crippen molar-refractivity contribution in [3.05, 3.63) is 0 Å². The Morgan fingerprint density at radius 2 is 1.94 bits per heavy atom. The van der Waals surface area contributed by atoms with Gasteiger partial charge in [0.15, 0.2) is 0 Å². The molecule has 1 rings (SSSR count). The van der Waals surface area contributed by atoms with Gasteiger partial charge in [0.05, 0.1) is 5.75 Å². The third-order valence-electron chi connectivity index (χ3n) is 4.01. The summed E-state index contributed by atoms with van der Waals surface area (Å²) in [6.45, 7) is 4.78. The molecule has 1 aliphatic carbocycles. The first-order valence-corrected chi connectivity index (χ1v) is 9.15. The molecule has 108 valence electrons. The van der Waals surface area contributed by atoms with Crippen LogP contribution in [0.25, 0.3) is 0 Å². The topological polar surface area (TPSA) is 63.4 Å². The van der Waals surface area contributed by atoms with Crippen LogP contribution in [0.4, 0.5) is 0 Å². The lowest BCUT2D eigenvalue weighted by Crippen LogP contribution is -2.45. The molecule has 0 aromatic rings. The Labute approximate surface area is 112 Å². The lowest BCUT2D eigenvalue weighted by Gasteiger charge is -2.39. The van der Waals surface area contributed by atoms with Crippen LogP contribution in [0.1, 0.15) is 39.0 Å². The van der Waals surface area contributed by atoms with Crippen molar-refractivity contribution in [1.29, 1.82) is 0 Å². The number of nitrogens with two attached hydrogens (primary N) is 1. The third kappa shape index (κ3) is 5.24. The van der Waals surface area contributed by atoms with Gasteiger partial charge in [-0.2, -0.15) is 0 Å². The van der Waals surface area contributed by atoms with Crippen molar-refractivity contribution in [1.82, 2.24) is 4.90 Å². The molecule has 2 unspecified atom stereocenters. The van der Waals surface area contributed by atoms with E-state index in [4.69, 9.17) is 5.73 Å². The van der Waals surface area contributed by atoms with Crippen LogP contribution in [-0.2, 0) is 9.84 Å². The van der Waals surface area contributed by atoms with Gasteiger partial charge in [-0.3, -0.25) is 0 Å². The first-order chi connectivity index (χ1) is 8.48. The number of sulfone groups is 1. The van der Waals surface area contributed by atoms with E-state index in [1.165, 1.54) is 31.9 Å². The molecule has 18 heavy (non-hydrogen) atoms. The molecule has 0 aromatic heterocycles. The highest BCUT2D eigenvalue weighted by atomic mass is 32.2. The van der Waals surface area contributed by atoms with Gasteiger partial charge in [-0.25, -0.2) is 8.42 Å². The Morgan fingerprint density at radius 1 is 1.28 bits per heavy atom. The Morgan fingerprint density at radius 3 is 2.50 bits per heavy atom. The van der Waals surface area contributed by atoms with E-state index in [2.05, 4.69) is 11.8 Å². The van der Waals surface area contributed by atoms with Gasteiger partial charge in [-0.05, 0) is 44.8 Å². The van der Waals surface area contributed by atoms with Crippen LogP contribution in [0.2, 0.25) is 0 Å². The fraction of sp³-hybridized carbons (Fsp3) is 1.00. The summed E-state index contributed by atoms with van der Waals surface area (Å²) < 4.78 is 22.3. The van der Waals surface area contributed by atoms with Gasteiger partial charge < -0.3 is 10.6 Å². The monoisotopic (exact) mass is 276 g/mol. The molecule has 1 saturated carbocycles. The predicted molar refractivity (Wildman–Crippen MR) is 76.4 cm³/mol. The summed E-state index contributed by atoms with van der Waals surface area (Å²) in [4.78, 5) is 2.43. The molecule has 1 aliphatic rings. The summed E-state index contributed by atoms with van der Waals surface area (Å²) in [5.41, 5.74) is 5.86. The van der Waals surface area contributed by atoms with Crippen molar-refractivity contribution >= 4 is 9.84 Å². The molecule has 5 heteroatoms. The molecule has 0 amide bonds. The molecule has 2 atom stereocenters. The van der Waals surface area contributed by atoms with Gasteiger partial charge in [0, 0.05) is 12.3 Å². The number of nitrogens with zero attached hydrogens (tertiary/aromatic N) is 1. The van der Waals surface area contributed by atoms with Crippen LogP contribution in [0.3, 0.4) is 0 Å². The summed E-state index contributed by atoms with van der Waals surface area (Å²) in [6, 6.07) is 0.563. The first-order valence-electron chi connectivity index (χ1n) is 7.09. The summed E-state index contributed by atoms with van der Waals surface area (Å²) >= 11 is 0. The van der Waals surface area contributed by atoms with Crippen LogP contribution < -0.4 is 5.73 Å². The SMILES string of the molecule is CCN(CCCS(C)(=O)=O)C1CCCCC1CN. The molecule has 0 radical (unpaired) electrons. The quantitative estimate of drug-likeness (QED) is 0.760. The lowest BCUT2D eigenvalue weighted by molar-refractivity contribution is 0.112. The molecule has 0 saturated heterocycles. The average molecular weight is 276 g/mol. The highest BCUT2D eigenvalue weighted by molar-refractivity contribution is 7.90. The smallest absolute Gasteiger partial charge is 0.147 e. The maximum atomic E-state index is 11.2. The molecule has 0 aromatic carbocycles. The number of hydrogen-bond acceptors (Lipinski definition) is 4. The van der Waals surface area contributed by atoms with E-state index in [1.807, 2.05) is 0 Å². The van der Waals surface area contributed by atoms with Crippen molar-refractivity contribution in [3.63, 3.8) is 0 Å². The summed E-state index contributed by atoms with van der Waals surface area (Å²) in [5.74, 6) is 0.890. The lowest BCUT2D eigenvalue weighted by atomic mass is 9.83. The molecule has 0 aliphatic heterocycles. The largest absolute Gasteiger partial charge is 0.330 e. The van der Waals surface area contributed by atoms with Crippen LogP contribution in [0.15, 0.2) is 0 Å². The predicted octanol–water partition coefficient (Wildman–Crippen LogP) is 1.26. The van der Waals surface area contributed by atoms with Crippen LogP contribution in [-0.4, -0.2) is 51.0 Å². The second kappa shape index (κ2) is 7.46. The number of rotatable bonds is 7. The minimum Gasteiger partial charge on any atom is -0.330 e. The molecular weight excluding hydrogens is 248 g/mol. The second-order valence-corrected chi connectivity index (χ2v) is 7.72. The Hall–Kier alpha value is -0.130. The van der Waals surface area contributed by atoms with Gasteiger partial charge >= 0.3 is 0 Å². The van der Waals surface area contributed by atoms with Crippen molar-refractivity contribution in [2.24, 2.45) is 11.7 Å². The molecular formula is C13H28N2O2S. The average Bonchev–Trinajstić information content (AvgIpc) is 2.33. The van der Waals surface area contributed by atoms with E-state index in [0.29, 0.717) is 17.7 Å². The maximum Gasteiger partial charge on any atom is 0.147 e. The van der Waals surface area contributed by atoms with Gasteiger partial charge in [-0.1, -0.05) is 19.8 Å². The van der Waals surface area contributed by atoms with E-state index in [1.54, 1.807) is 0 Å². The molecule has 0 heterocycles. The van der Waals surface area contributed by atoms with Gasteiger partial charge in [0.1, 0.15) is 9.84 Å². The van der Waals surface area contributed by atoms with Gasteiger partial charge in [0.25, 0.3) is 0 Å². The Balaban J connectivity index is 2.48. The minimum atomic E-state index is -2.83. The van der Waals surface area contributed by atoms with Crippen molar-refractivity contribution in [2.75, 3.05) is 31.6 Å². The zero-order valence-electron chi connectivity index (χ0n) is 11.8. The van der Waals surface area contributed by atoms with E-state index < -0.39 is 9.84 Å². The van der Waals surface area contributed by atoms with Gasteiger partial charge in [0.2, 0.25) is 0 Å². The Bertz CT molecular complexity index is 330. The summed E-state index contributed by atoms with van der Waals surface area (Å²) in [5, 5.41) is 0. The molecule has 0 bridgehead atoms. The summed E-state index contributed by atoms with van der Waals surface area (Å²) in [6.07, 6.45) is 7.06. The molecule has 1 fully saturated rings. The molecule has 4 nitrogen and oxygen atoms in total. The zero-order chi connectivity index (χ0) is 13.6. The summed E-state index contributed by atoms with van der Waals surface area (Å²) in [7, 11) is -2.83. The van der Waals surface area contributed by atoms with E-state index >= 15 is 0 Å². The van der Waals surface area contributed by atoms with E-state index in [9.17, 15) is 8.42 Å². The molecule has 2 N–H and O–H groups in total. The van der Waals surface area contributed by atoms with Gasteiger partial charge in [-0.15, -0.1) is 0 Å². The van der Waals surface area contributed by atoms with Crippen LogP contribution in [0, 0.1) is 5.92 Å². The van der Waals surface area contributed by atoms with E-state index in [0.717, 1.165) is 26.1 Å². The van der Waals surface area contributed by atoms with E-state index in [-0.39, 0.29) is 0 Å². The van der Waals surface area contributed by atoms with Crippen LogP contribution >= 0.6 is 0 Å². The van der Waals surface area contributed by atoms with Crippen molar-refractivity contribution < 1.29 is 8.42 Å². The highest BCUT2D eigenvalue weighted by Crippen LogP contribution is 2.27. The number of hydrogen-bond donors (Lipinski definition) is 1. The fourth-order valence-electron chi connectivity index (χ4n) is 3.03. The maximum absolute atomic E-state index is 11.2. The second-order valence-electron chi connectivity index (χ2n) is 5.46. The third-order valence-corrected chi connectivity index (χ3v) is 5.04. The zero-order valence-corrected chi connectivity index (χ0v) is 12.6. The van der Waals surface area contributed by atoms with Crippen molar-refractivity contribution in [3.8, 4) is 0 Å². The Kier molecular flexibility index (Phi) is 6.60. The highest BCUT2D eigenvalue weighted by Gasteiger charge is 2.28. The fourth-order valence-corrected chi connectivity index (χ4v) is 3.69. The van der Waals surface area contributed by atoms with Crippen LogP contribution in [0.5, 0.6) is 0 Å². The molecule has 0 spiro atoms. The first kappa shape index (κ1) is 15.9. The standard InChI is InChI=1S/C13H28N2O2S/c1-3-15(9-6-10-18(2,16)17)13-8-5-4-7-12(13)11-14/h12-13H,3-11,14H2,1-2H3. The normalized spacial score (nSPS) is 25.6. The minimum absolute atomic E-state index is 0.295.